The molecule has 1 aromatic carbocycles. The number of nitrogens with two attached hydrogens (primary N) is 1. The molecule has 3 N–H and O–H groups in total. The van der Waals surface area contributed by atoms with Crippen molar-refractivity contribution in [2.45, 2.75) is 6.54 Å². The number of halogens is 1. The van der Waals surface area contributed by atoms with Gasteiger partial charge in [-0.15, -0.1) is 5.10 Å². The van der Waals surface area contributed by atoms with Crippen molar-refractivity contribution >= 4 is 27.6 Å². The van der Waals surface area contributed by atoms with E-state index in [-0.39, 0.29) is 6.54 Å². The summed E-state index contributed by atoms with van der Waals surface area (Å²) in [7, 11) is 1.60. The van der Waals surface area contributed by atoms with Gasteiger partial charge in [0.25, 0.3) is 0 Å². The van der Waals surface area contributed by atoms with Crippen molar-refractivity contribution in [1.82, 2.24) is 10.2 Å². The van der Waals surface area contributed by atoms with Crippen LogP contribution < -0.4 is 15.8 Å². The van der Waals surface area contributed by atoms with Gasteiger partial charge in [0.2, 0.25) is 5.89 Å². The van der Waals surface area contributed by atoms with Crippen LogP contribution in [-0.4, -0.2) is 17.3 Å². The number of anilines is 2. The van der Waals surface area contributed by atoms with E-state index in [0.29, 0.717) is 11.9 Å². The third kappa shape index (κ3) is 2.95. The minimum atomic E-state index is 0.219. The molecule has 0 bridgehead atoms. The van der Waals surface area contributed by atoms with Crippen molar-refractivity contribution in [3.63, 3.8) is 0 Å². The highest BCUT2D eigenvalue weighted by Crippen LogP contribution is 2.26. The molecule has 0 aliphatic rings. The average Bonchev–Trinajstić information content (AvgIpc) is 2.76. The zero-order valence-electron chi connectivity index (χ0n) is 9.11. The third-order valence-electron chi connectivity index (χ3n) is 2.00. The Hall–Kier alpha value is -1.60. The molecule has 90 valence electrons. The first-order valence-electron chi connectivity index (χ1n) is 4.85. The summed E-state index contributed by atoms with van der Waals surface area (Å²) in [6.45, 7) is 0.219. The lowest BCUT2D eigenvalue weighted by atomic mass is 10.3. The Bertz CT molecular complexity index is 515. The van der Waals surface area contributed by atoms with Crippen molar-refractivity contribution < 1.29 is 9.15 Å². The van der Waals surface area contributed by atoms with Gasteiger partial charge in [0.1, 0.15) is 5.75 Å². The molecule has 2 aromatic rings. The van der Waals surface area contributed by atoms with E-state index in [0.717, 1.165) is 15.9 Å². The molecule has 17 heavy (non-hydrogen) atoms. The van der Waals surface area contributed by atoms with Crippen LogP contribution in [-0.2, 0) is 6.54 Å². The van der Waals surface area contributed by atoms with Gasteiger partial charge in [-0.05, 0) is 12.1 Å². The average molecular weight is 299 g/mol. The standard InChI is InChI=1S/C10H11BrN4O2/c1-16-8-3-6(11)2-7(4-8)13-10-15-14-9(5-12)17-10/h2-4H,5,12H2,1H3,(H,13,15). The molecule has 0 atom stereocenters. The van der Waals surface area contributed by atoms with Crippen LogP contribution in [0.2, 0.25) is 0 Å². The van der Waals surface area contributed by atoms with Gasteiger partial charge < -0.3 is 20.2 Å². The molecule has 0 saturated heterocycles. The van der Waals surface area contributed by atoms with Crippen LogP contribution in [0.25, 0.3) is 0 Å². The number of hydrogen-bond donors (Lipinski definition) is 2. The zero-order valence-corrected chi connectivity index (χ0v) is 10.7. The summed E-state index contributed by atoms with van der Waals surface area (Å²) < 4.78 is 11.3. The predicted molar refractivity (Wildman–Crippen MR) is 66.2 cm³/mol. The lowest BCUT2D eigenvalue weighted by molar-refractivity contribution is 0.414. The zero-order chi connectivity index (χ0) is 12.3. The predicted octanol–water partition coefficient (Wildman–Crippen LogP) is 2.04. The smallest absolute Gasteiger partial charge is 0.320 e. The molecule has 2 rings (SSSR count). The number of nitrogens with one attached hydrogen (secondary N) is 1. The van der Waals surface area contributed by atoms with E-state index in [1.165, 1.54) is 0 Å². The third-order valence-corrected chi connectivity index (χ3v) is 2.46. The van der Waals surface area contributed by atoms with E-state index >= 15 is 0 Å². The van der Waals surface area contributed by atoms with E-state index in [4.69, 9.17) is 14.9 Å². The lowest BCUT2D eigenvalue weighted by Gasteiger charge is -2.05. The fourth-order valence-electron chi connectivity index (χ4n) is 1.26. The Balaban J connectivity index is 2.20. The highest BCUT2D eigenvalue weighted by Gasteiger charge is 2.06. The Morgan fingerprint density at radius 3 is 2.88 bits per heavy atom. The summed E-state index contributed by atoms with van der Waals surface area (Å²) >= 11 is 3.38. The number of benzene rings is 1. The van der Waals surface area contributed by atoms with Crippen molar-refractivity contribution in [3.8, 4) is 5.75 Å². The molecule has 1 aromatic heterocycles. The number of aromatic nitrogens is 2. The first-order chi connectivity index (χ1) is 8.21. The van der Waals surface area contributed by atoms with Gasteiger partial charge in [0, 0.05) is 16.2 Å². The molecular weight excluding hydrogens is 288 g/mol. The van der Waals surface area contributed by atoms with Gasteiger partial charge in [-0.25, -0.2) is 0 Å². The normalized spacial score (nSPS) is 10.3. The second-order valence-corrected chi connectivity index (χ2v) is 4.13. The summed E-state index contributed by atoms with van der Waals surface area (Å²) in [5.41, 5.74) is 6.16. The molecule has 0 radical (unpaired) electrons. The first kappa shape index (κ1) is 11.9. The molecule has 0 aliphatic heterocycles. The van der Waals surface area contributed by atoms with E-state index in [9.17, 15) is 0 Å². The van der Waals surface area contributed by atoms with Crippen LogP contribution in [0.1, 0.15) is 5.89 Å². The van der Waals surface area contributed by atoms with E-state index in [1.54, 1.807) is 7.11 Å². The van der Waals surface area contributed by atoms with Crippen LogP contribution in [0, 0.1) is 0 Å². The molecule has 0 saturated carbocycles. The van der Waals surface area contributed by atoms with Gasteiger partial charge in [-0.1, -0.05) is 21.0 Å². The number of ether oxygens (including phenoxy) is 1. The minimum absolute atomic E-state index is 0.219. The minimum Gasteiger partial charge on any atom is -0.497 e. The van der Waals surface area contributed by atoms with Crippen molar-refractivity contribution in [2.24, 2.45) is 5.73 Å². The van der Waals surface area contributed by atoms with Crippen LogP contribution >= 0.6 is 15.9 Å². The molecular formula is C10H11BrN4O2. The van der Waals surface area contributed by atoms with Crippen molar-refractivity contribution in [3.05, 3.63) is 28.6 Å². The summed E-state index contributed by atoms with van der Waals surface area (Å²) in [4.78, 5) is 0. The summed E-state index contributed by atoms with van der Waals surface area (Å²) in [5.74, 6) is 1.11. The molecule has 7 heteroatoms. The molecule has 0 amide bonds. The number of nitrogens with zero attached hydrogens (tertiary/aromatic N) is 2. The summed E-state index contributed by atoms with van der Waals surface area (Å²) in [5, 5.41) is 10.5. The van der Waals surface area contributed by atoms with Crippen LogP contribution in [0.5, 0.6) is 5.75 Å². The maximum atomic E-state index is 5.37. The number of rotatable bonds is 4. The van der Waals surface area contributed by atoms with Crippen molar-refractivity contribution in [1.29, 1.82) is 0 Å². The summed E-state index contributed by atoms with van der Waals surface area (Å²) in [6, 6.07) is 5.83. The highest BCUT2D eigenvalue weighted by atomic mass is 79.9. The quantitative estimate of drug-likeness (QED) is 0.898. The fraction of sp³-hybridized carbons (Fsp3) is 0.200. The second kappa shape index (κ2) is 5.15. The second-order valence-electron chi connectivity index (χ2n) is 3.21. The highest BCUT2D eigenvalue weighted by molar-refractivity contribution is 9.10. The van der Waals surface area contributed by atoms with Crippen LogP contribution in [0.4, 0.5) is 11.7 Å². The van der Waals surface area contributed by atoms with Crippen LogP contribution in [0.3, 0.4) is 0 Å². The van der Waals surface area contributed by atoms with Gasteiger partial charge >= 0.3 is 6.01 Å². The Morgan fingerprint density at radius 2 is 2.24 bits per heavy atom. The monoisotopic (exact) mass is 298 g/mol. The first-order valence-corrected chi connectivity index (χ1v) is 5.64. The Labute approximate surface area is 106 Å². The fourth-order valence-corrected chi connectivity index (χ4v) is 1.74. The van der Waals surface area contributed by atoms with Gasteiger partial charge in [-0.3, -0.25) is 0 Å². The maximum absolute atomic E-state index is 5.37. The van der Waals surface area contributed by atoms with Gasteiger partial charge in [0.15, 0.2) is 0 Å². The molecule has 1 heterocycles. The molecule has 0 spiro atoms. The summed E-state index contributed by atoms with van der Waals surface area (Å²) in [6.07, 6.45) is 0. The Morgan fingerprint density at radius 1 is 1.41 bits per heavy atom. The number of methoxy groups -OCH3 is 1. The Kier molecular flexibility index (Phi) is 3.60. The lowest BCUT2D eigenvalue weighted by Crippen LogP contribution is -1.95. The van der Waals surface area contributed by atoms with E-state index in [2.05, 4.69) is 31.4 Å². The molecule has 0 aliphatic carbocycles. The van der Waals surface area contributed by atoms with E-state index in [1.807, 2.05) is 18.2 Å². The topological polar surface area (TPSA) is 86.2 Å². The van der Waals surface area contributed by atoms with Gasteiger partial charge in [0.05, 0.1) is 13.7 Å². The largest absolute Gasteiger partial charge is 0.497 e. The maximum Gasteiger partial charge on any atom is 0.320 e. The molecule has 6 nitrogen and oxygen atoms in total. The van der Waals surface area contributed by atoms with E-state index < -0.39 is 0 Å². The molecule has 0 unspecified atom stereocenters. The SMILES string of the molecule is COc1cc(Br)cc(Nc2nnc(CN)o2)c1. The molecule has 0 fully saturated rings. The van der Waals surface area contributed by atoms with Crippen molar-refractivity contribution in [2.75, 3.05) is 12.4 Å². The van der Waals surface area contributed by atoms with Gasteiger partial charge in [-0.2, -0.15) is 0 Å². The van der Waals surface area contributed by atoms with Crippen LogP contribution in [0.15, 0.2) is 27.1 Å². The number of hydrogen-bond acceptors (Lipinski definition) is 6.